The lowest BCUT2D eigenvalue weighted by molar-refractivity contribution is 0.0521. The summed E-state index contributed by atoms with van der Waals surface area (Å²) in [6.07, 6.45) is 3.85. The molecule has 2 aromatic carbocycles. The van der Waals surface area contributed by atoms with E-state index in [0.29, 0.717) is 48.1 Å². The zero-order valence-corrected chi connectivity index (χ0v) is 21.0. The van der Waals surface area contributed by atoms with Crippen LogP contribution in [0, 0.1) is 5.92 Å². The Morgan fingerprint density at radius 3 is 2.46 bits per heavy atom. The summed E-state index contributed by atoms with van der Waals surface area (Å²) in [5.41, 5.74) is 1.15. The van der Waals surface area contributed by atoms with Crippen molar-refractivity contribution in [3.63, 3.8) is 0 Å². The third-order valence-electron chi connectivity index (χ3n) is 6.82. The molecule has 0 spiro atoms. The molecule has 7 heteroatoms. The summed E-state index contributed by atoms with van der Waals surface area (Å²) in [5, 5.41) is 0. The van der Waals surface area contributed by atoms with Crippen LogP contribution in [0.2, 0.25) is 0 Å². The van der Waals surface area contributed by atoms with Gasteiger partial charge in [0, 0.05) is 25.2 Å². The summed E-state index contributed by atoms with van der Waals surface area (Å²) in [4.78, 5) is 30.8. The minimum atomic E-state index is -0.152. The van der Waals surface area contributed by atoms with Crippen molar-refractivity contribution >= 4 is 11.8 Å². The van der Waals surface area contributed by atoms with Gasteiger partial charge in [0.05, 0.1) is 11.6 Å². The largest absolute Gasteiger partial charge is 0.491 e. The predicted molar refractivity (Wildman–Crippen MR) is 134 cm³/mol. The summed E-state index contributed by atoms with van der Waals surface area (Å²) in [6, 6.07) is 12.6. The average molecular weight is 481 g/mol. The number of ether oxygens (including phenoxy) is 3. The highest BCUT2D eigenvalue weighted by atomic mass is 16.7. The molecule has 0 fully saturated rings. The SMILES string of the molecule is CCN1CCCCCCN(C(=O)c2ccc3c(c2)OCO3)[C@@H](C(C)C)COc2ccccc2C1=O. The monoisotopic (exact) mass is 480 g/mol. The van der Waals surface area contributed by atoms with Crippen molar-refractivity contribution < 1.29 is 23.8 Å². The number of amides is 2. The zero-order chi connectivity index (χ0) is 24.8. The quantitative estimate of drug-likeness (QED) is 0.619. The van der Waals surface area contributed by atoms with Crippen molar-refractivity contribution in [1.82, 2.24) is 9.80 Å². The van der Waals surface area contributed by atoms with E-state index in [1.807, 2.05) is 41.0 Å². The minimum Gasteiger partial charge on any atom is -0.491 e. The van der Waals surface area contributed by atoms with Gasteiger partial charge in [0.25, 0.3) is 11.8 Å². The number of rotatable bonds is 3. The lowest BCUT2D eigenvalue weighted by Gasteiger charge is -2.35. The molecule has 2 amide bonds. The van der Waals surface area contributed by atoms with Gasteiger partial charge in [-0.05, 0) is 56.0 Å². The molecule has 2 heterocycles. The van der Waals surface area contributed by atoms with Crippen molar-refractivity contribution in [2.75, 3.05) is 33.0 Å². The maximum absolute atomic E-state index is 13.7. The van der Waals surface area contributed by atoms with Gasteiger partial charge in [-0.1, -0.05) is 38.8 Å². The van der Waals surface area contributed by atoms with Crippen LogP contribution in [0.1, 0.15) is 67.2 Å². The van der Waals surface area contributed by atoms with E-state index in [0.717, 1.165) is 32.2 Å². The molecule has 0 saturated carbocycles. The Hall–Kier alpha value is -3.22. The molecule has 0 bridgehead atoms. The van der Waals surface area contributed by atoms with Crippen LogP contribution in [0.25, 0.3) is 0 Å². The molecule has 0 radical (unpaired) electrons. The Balaban J connectivity index is 1.63. The average Bonchev–Trinajstić information content (AvgIpc) is 3.34. The fraction of sp³-hybridized carbons (Fsp3) is 0.500. The predicted octanol–water partition coefficient (Wildman–Crippen LogP) is 5.00. The summed E-state index contributed by atoms with van der Waals surface area (Å²) in [7, 11) is 0. The van der Waals surface area contributed by atoms with Crippen molar-refractivity contribution in [3.05, 3.63) is 53.6 Å². The summed E-state index contributed by atoms with van der Waals surface area (Å²) < 4.78 is 17.2. The molecule has 2 aliphatic heterocycles. The molecule has 1 atom stereocenters. The van der Waals surface area contributed by atoms with Gasteiger partial charge in [0.1, 0.15) is 12.4 Å². The molecule has 0 saturated heterocycles. The van der Waals surface area contributed by atoms with Crippen LogP contribution in [0.4, 0.5) is 0 Å². The van der Waals surface area contributed by atoms with Crippen LogP contribution in [-0.4, -0.2) is 60.7 Å². The number of hydrogen-bond donors (Lipinski definition) is 0. The van der Waals surface area contributed by atoms with Crippen LogP contribution in [-0.2, 0) is 0 Å². The molecule has 0 N–H and O–H groups in total. The highest BCUT2D eigenvalue weighted by Gasteiger charge is 2.30. The van der Waals surface area contributed by atoms with Gasteiger partial charge in [0.2, 0.25) is 6.79 Å². The molecule has 7 nitrogen and oxygen atoms in total. The molecule has 2 aromatic rings. The Bertz CT molecular complexity index is 1040. The van der Waals surface area contributed by atoms with E-state index in [4.69, 9.17) is 14.2 Å². The molecule has 188 valence electrons. The number of carbonyl (C=O) groups is 2. The summed E-state index contributed by atoms with van der Waals surface area (Å²) >= 11 is 0. The van der Waals surface area contributed by atoms with Gasteiger partial charge in [-0.25, -0.2) is 0 Å². The van der Waals surface area contributed by atoms with E-state index in [9.17, 15) is 9.59 Å². The van der Waals surface area contributed by atoms with Crippen LogP contribution in [0.3, 0.4) is 0 Å². The summed E-state index contributed by atoms with van der Waals surface area (Å²) in [6.45, 7) is 8.74. The summed E-state index contributed by atoms with van der Waals surface area (Å²) in [5.74, 6) is 1.94. The van der Waals surface area contributed by atoms with Crippen LogP contribution in [0.15, 0.2) is 42.5 Å². The fourth-order valence-electron chi connectivity index (χ4n) is 4.71. The highest BCUT2D eigenvalue weighted by Crippen LogP contribution is 2.33. The van der Waals surface area contributed by atoms with Crippen molar-refractivity contribution in [1.29, 1.82) is 0 Å². The number of fused-ring (bicyclic) bond motifs is 2. The van der Waals surface area contributed by atoms with E-state index in [-0.39, 0.29) is 30.6 Å². The third-order valence-corrected chi connectivity index (χ3v) is 6.82. The Morgan fingerprint density at radius 1 is 0.943 bits per heavy atom. The third kappa shape index (κ3) is 5.72. The van der Waals surface area contributed by atoms with Crippen molar-refractivity contribution in [2.45, 2.75) is 52.5 Å². The smallest absolute Gasteiger partial charge is 0.257 e. The first-order valence-electron chi connectivity index (χ1n) is 12.7. The van der Waals surface area contributed by atoms with E-state index < -0.39 is 0 Å². The maximum atomic E-state index is 13.7. The van der Waals surface area contributed by atoms with Gasteiger partial charge in [-0.3, -0.25) is 9.59 Å². The highest BCUT2D eigenvalue weighted by molar-refractivity contribution is 5.97. The number of nitrogens with zero attached hydrogens (tertiary/aromatic N) is 2. The number of hydrogen-bond acceptors (Lipinski definition) is 5. The fourth-order valence-corrected chi connectivity index (χ4v) is 4.71. The van der Waals surface area contributed by atoms with Gasteiger partial charge in [-0.2, -0.15) is 0 Å². The van der Waals surface area contributed by atoms with E-state index in [1.54, 1.807) is 18.2 Å². The maximum Gasteiger partial charge on any atom is 0.257 e. The molecule has 0 aromatic heterocycles. The zero-order valence-electron chi connectivity index (χ0n) is 21.0. The topological polar surface area (TPSA) is 68.3 Å². The molecule has 4 rings (SSSR count). The Morgan fingerprint density at radius 2 is 1.69 bits per heavy atom. The van der Waals surface area contributed by atoms with E-state index in [2.05, 4.69) is 13.8 Å². The van der Waals surface area contributed by atoms with Gasteiger partial charge in [0.15, 0.2) is 11.5 Å². The standard InChI is InChI=1S/C28H36N2O5/c1-4-29-15-9-5-6-10-16-30(27(31)21-13-14-25-26(17-21)35-19-34-25)23(20(2)3)18-33-24-12-8-7-11-22(24)28(29)32/h7-8,11-14,17,20,23H,4-6,9-10,15-16,18-19H2,1-3H3/t23-/m1/s1. The van der Waals surface area contributed by atoms with E-state index in [1.165, 1.54) is 0 Å². The number of para-hydroxylation sites is 1. The second-order valence-electron chi connectivity index (χ2n) is 9.48. The normalized spacial score (nSPS) is 19.2. The van der Waals surface area contributed by atoms with Crippen LogP contribution in [0.5, 0.6) is 17.2 Å². The first-order valence-corrected chi connectivity index (χ1v) is 12.7. The molecule has 0 aliphatic carbocycles. The van der Waals surface area contributed by atoms with Crippen molar-refractivity contribution in [2.24, 2.45) is 5.92 Å². The minimum absolute atomic E-state index is 0.00505. The second-order valence-corrected chi connectivity index (χ2v) is 9.48. The van der Waals surface area contributed by atoms with Crippen LogP contribution < -0.4 is 14.2 Å². The van der Waals surface area contributed by atoms with Gasteiger partial charge >= 0.3 is 0 Å². The molecule has 35 heavy (non-hydrogen) atoms. The molecule has 0 unspecified atom stereocenters. The molecule has 2 aliphatic rings. The molecular formula is C28H36N2O5. The first kappa shape index (κ1) is 24.9. The second kappa shape index (κ2) is 11.5. The van der Waals surface area contributed by atoms with Crippen LogP contribution >= 0.6 is 0 Å². The van der Waals surface area contributed by atoms with Gasteiger partial charge < -0.3 is 24.0 Å². The Kier molecular flexibility index (Phi) is 8.16. The number of benzene rings is 2. The first-order chi connectivity index (χ1) is 17.0. The van der Waals surface area contributed by atoms with E-state index >= 15 is 0 Å². The Labute approximate surface area is 207 Å². The lowest BCUT2D eigenvalue weighted by Crippen LogP contribution is -2.47. The van der Waals surface area contributed by atoms with Crippen molar-refractivity contribution in [3.8, 4) is 17.2 Å². The lowest BCUT2D eigenvalue weighted by atomic mass is 10.0. The molecular weight excluding hydrogens is 444 g/mol. The number of carbonyl (C=O) groups excluding carboxylic acids is 2. The van der Waals surface area contributed by atoms with Gasteiger partial charge in [-0.15, -0.1) is 0 Å².